The van der Waals surface area contributed by atoms with Crippen molar-refractivity contribution in [3.05, 3.63) is 24.3 Å². The maximum Gasteiger partial charge on any atom is 0.178 e. The van der Waals surface area contributed by atoms with Gasteiger partial charge in [0.05, 0.1) is 10.6 Å². The number of nitrogens with one attached hydrogen (secondary N) is 1. The van der Waals surface area contributed by atoms with Gasteiger partial charge in [-0.15, -0.1) is 0 Å². The van der Waals surface area contributed by atoms with E-state index in [1.807, 2.05) is 12.1 Å². The minimum atomic E-state index is -3.11. The predicted molar refractivity (Wildman–Crippen MR) is 87.7 cm³/mol. The molecule has 1 aromatic carbocycles. The molecule has 0 bridgehead atoms. The summed E-state index contributed by atoms with van der Waals surface area (Å²) in [5.74, 6) is 0.148. The van der Waals surface area contributed by atoms with Crippen molar-refractivity contribution in [2.75, 3.05) is 23.7 Å². The number of anilines is 1. The van der Waals surface area contributed by atoms with Crippen LogP contribution in [0.4, 0.5) is 5.69 Å². The molecular weight excluding hydrogens is 284 g/mol. The van der Waals surface area contributed by atoms with E-state index in [1.54, 1.807) is 19.1 Å². The number of hydrogen-bond acceptors (Lipinski definition) is 4. The molecule has 0 radical (unpaired) electrons. The fraction of sp³-hybridized carbons (Fsp3) is 0.625. The molecule has 4 nitrogen and oxygen atoms in total. The fourth-order valence-electron chi connectivity index (χ4n) is 2.83. The van der Waals surface area contributed by atoms with Gasteiger partial charge >= 0.3 is 0 Å². The lowest BCUT2D eigenvalue weighted by atomic mass is 10.0. The van der Waals surface area contributed by atoms with E-state index in [0.29, 0.717) is 17.0 Å². The Morgan fingerprint density at radius 2 is 1.81 bits per heavy atom. The number of benzene rings is 1. The van der Waals surface area contributed by atoms with Gasteiger partial charge in [0, 0.05) is 30.9 Å². The van der Waals surface area contributed by atoms with Crippen molar-refractivity contribution >= 4 is 15.5 Å². The highest BCUT2D eigenvalue weighted by Gasteiger charge is 2.26. The average Bonchev–Trinajstić information content (AvgIpc) is 2.54. The van der Waals surface area contributed by atoms with E-state index in [2.05, 4.69) is 24.1 Å². The van der Waals surface area contributed by atoms with Crippen LogP contribution < -0.4 is 10.2 Å². The summed E-state index contributed by atoms with van der Waals surface area (Å²) in [6.07, 6.45) is 2.19. The number of nitrogens with zero attached hydrogens (tertiary/aromatic N) is 1. The third-order valence-corrected chi connectivity index (χ3v) is 6.12. The monoisotopic (exact) mass is 310 g/mol. The molecule has 1 heterocycles. The molecule has 2 atom stereocenters. The normalized spacial score (nSPS) is 23.3. The molecule has 1 fully saturated rings. The largest absolute Gasteiger partial charge is 0.366 e. The molecule has 1 aliphatic rings. The molecule has 5 heteroatoms. The van der Waals surface area contributed by atoms with Crippen molar-refractivity contribution in [2.24, 2.45) is 0 Å². The zero-order chi connectivity index (χ0) is 15.5. The zero-order valence-corrected chi connectivity index (χ0v) is 14.0. The van der Waals surface area contributed by atoms with Gasteiger partial charge in [-0.05, 0) is 37.1 Å². The maximum atomic E-state index is 11.9. The van der Waals surface area contributed by atoms with E-state index in [1.165, 1.54) is 0 Å². The smallest absolute Gasteiger partial charge is 0.178 e. The molecule has 0 spiro atoms. The van der Waals surface area contributed by atoms with Crippen molar-refractivity contribution in [3.8, 4) is 0 Å². The van der Waals surface area contributed by atoms with Crippen molar-refractivity contribution in [1.82, 2.24) is 5.32 Å². The summed E-state index contributed by atoms with van der Waals surface area (Å²) in [7, 11) is -3.11. The Kier molecular flexibility index (Phi) is 5.27. The highest BCUT2D eigenvalue weighted by atomic mass is 32.2. The summed E-state index contributed by atoms with van der Waals surface area (Å²) in [6, 6.07) is 8.36. The predicted octanol–water partition coefficient (Wildman–Crippen LogP) is 2.45. The number of sulfone groups is 1. The minimum absolute atomic E-state index is 0.148. The van der Waals surface area contributed by atoms with Crippen LogP contribution in [0.15, 0.2) is 29.2 Å². The van der Waals surface area contributed by atoms with Crippen molar-refractivity contribution in [3.63, 3.8) is 0 Å². The lowest BCUT2D eigenvalue weighted by molar-refractivity contribution is 0.379. The summed E-state index contributed by atoms with van der Waals surface area (Å²) >= 11 is 0. The number of hydrogen-bond donors (Lipinski definition) is 1. The van der Waals surface area contributed by atoms with E-state index in [0.717, 1.165) is 31.6 Å². The topological polar surface area (TPSA) is 49.4 Å². The Labute approximate surface area is 128 Å². The average molecular weight is 310 g/mol. The van der Waals surface area contributed by atoms with Crippen LogP contribution >= 0.6 is 0 Å². The number of piperazine rings is 1. The van der Waals surface area contributed by atoms with Gasteiger partial charge in [-0.3, -0.25) is 0 Å². The van der Waals surface area contributed by atoms with Gasteiger partial charge in [0.2, 0.25) is 0 Å². The van der Waals surface area contributed by atoms with Gasteiger partial charge in [0.1, 0.15) is 0 Å². The second-order valence-corrected chi connectivity index (χ2v) is 7.90. The molecule has 1 aromatic rings. The van der Waals surface area contributed by atoms with Crippen molar-refractivity contribution in [2.45, 2.75) is 50.6 Å². The first-order valence-corrected chi connectivity index (χ1v) is 9.49. The summed E-state index contributed by atoms with van der Waals surface area (Å²) in [5, 5.41) is 3.58. The van der Waals surface area contributed by atoms with Crippen LogP contribution in [0.2, 0.25) is 0 Å². The molecule has 2 rings (SSSR count). The maximum absolute atomic E-state index is 11.9. The molecule has 1 aliphatic heterocycles. The van der Waals surface area contributed by atoms with Crippen LogP contribution in [0, 0.1) is 0 Å². The molecule has 0 aromatic heterocycles. The van der Waals surface area contributed by atoms with Crippen LogP contribution in [0.3, 0.4) is 0 Å². The van der Waals surface area contributed by atoms with E-state index in [-0.39, 0.29) is 5.75 Å². The van der Waals surface area contributed by atoms with E-state index < -0.39 is 9.84 Å². The molecule has 118 valence electrons. The molecule has 1 saturated heterocycles. The zero-order valence-electron chi connectivity index (χ0n) is 13.2. The van der Waals surface area contributed by atoms with E-state index in [9.17, 15) is 8.42 Å². The van der Waals surface area contributed by atoms with Crippen LogP contribution in [0.5, 0.6) is 0 Å². The Balaban J connectivity index is 2.23. The lowest BCUT2D eigenvalue weighted by Crippen LogP contribution is -2.56. The van der Waals surface area contributed by atoms with E-state index in [4.69, 9.17) is 0 Å². The molecular formula is C16H26N2O2S. The summed E-state index contributed by atoms with van der Waals surface area (Å²) in [6.45, 7) is 8.04. The molecule has 0 aliphatic carbocycles. The Morgan fingerprint density at radius 3 is 2.33 bits per heavy atom. The number of rotatable bonds is 5. The summed E-state index contributed by atoms with van der Waals surface area (Å²) in [4.78, 5) is 2.83. The third kappa shape index (κ3) is 3.58. The quantitative estimate of drug-likeness (QED) is 0.907. The van der Waals surface area contributed by atoms with E-state index >= 15 is 0 Å². The van der Waals surface area contributed by atoms with Crippen LogP contribution in [-0.4, -0.2) is 39.3 Å². The Bertz CT molecular complexity index is 554. The SMILES string of the molecule is CCC1CN(c2ccc(S(=O)(=O)CC)cc2)C(CC)CN1. The second-order valence-electron chi connectivity index (χ2n) is 5.63. The highest BCUT2D eigenvalue weighted by Crippen LogP contribution is 2.24. The summed E-state index contributed by atoms with van der Waals surface area (Å²) < 4.78 is 23.8. The van der Waals surface area contributed by atoms with Crippen LogP contribution in [0.25, 0.3) is 0 Å². The van der Waals surface area contributed by atoms with Gasteiger partial charge in [-0.2, -0.15) is 0 Å². The van der Waals surface area contributed by atoms with Gasteiger partial charge in [-0.1, -0.05) is 20.8 Å². The first-order chi connectivity index (χ1) is 10.0. The summed E-state index contributed by atoms with van der Waals surface area (Å²) in [5.41, 5.74) is 1.12. The molecule has 2 unspecified atom stereocenters. The van der Waals surface area contributed by atoms with Gasteiger partial charge in [0.15, 0.2) is 9.84 Å². The Morgan fingerprint density at radius 1 is 1.14 bits per heavy atom. The highest BCUT2D eigenvalue weighted by molar-refractivity contribution is 7.91. The molecule has 0 saturated carbocycles. The van der Waals surface area contributed by atoms with Crippen LogP contribution in [0.1, 0.15) is 33.6 Å². The van der Waals surface area contributed by atoms with Crippen molar-refractivity contribution < 1.29 is 8.42 Å². The first-order valence-electron chi connectivity index (χ1n) is 7.84. The van der Waals surface area contributed by atoms with Crippen molar-refractivity contribution in [1.29, 1.82) is 0 Å². The third-order valence-electron chi connectivity index (χ3n) is 4.37. The first kappa shape index (κ1) is 16.3. The molecule has 0 amide bonds. The Hall–Kier alpha value is -1.07. The fourth-order valence-corrected chi connectivity index (χ4v) is 3.71. The minimum Gasteiger partial charge on any atom is -0.366 e. The van der Waals surface area contributed by atoms with Gasteiger partial charge < -0.3 is 10.2 Å². The second kappa shape index (κ2) is 6.79. The molecule has 1 N–H and O–H groups in total. The van der Waals surface area contributed by atoms with Crippen LogP contribution in [-0.2, 0) is 9.84 Å². The van der Waals surface area contributed by atoms with Gasteiger partial charge in [0.25, 0.3) is 0 Å². The van der Waals surface area contributed by atoms with Gasteiger partial charge in [-0.25, -0.2) is 8.42 Å². The lowest BCUT2D eigenvalue weighted by Gasteiger charge is -2.41. The standard InChI is InChI=1S/C16H26N2O2S/c1-4-13-12-18(14(5-2)11-17-13)15-7-9-16(10-8-15)21(19,20)6-3/h7-10,13-14,17H,4-6,11-12H2,1-3H3. The molecule has 21 heavy (non-hydrogen) atoms.